The number of rotatable bonds is 6. The van der Waals surface area contributed by atoms with Crippen LogP contribution in [0.3, 0.4) is 0 Å². The molecule has 3 rings (SSSR count). The zero-order chi connectivity index (χ0) is 20.1. The van der Waals surface area contributed by atoms with Crippen molar-refractivity contribution in [2.75, 3.05) is 32.4 Å². The van der Waals surface area contributed by atoms with Crippen molar-refractivity contribution in [2.24, 2.45) is 0 Å². The van der Waals surface area contributed by atoms with Crippen molar-refractivity contribution in [1.82, 2.24) is 4.90 Å². The molecule has 0 radical (unpaired) electrons. The smallest absolute Gasteiger partial charge is 0.350 e. The molecule has 1 aromatic carbocycles. The Kier molecular flexibility index (Phi) is 6.12. The van der Waals surface area contributed by atoms with Crippen LogP contribution in [0.25, 0.3) is 0 Å². The van der Waals surface area contributed by atoms with Crippen molar-refractivity contribution in [1.29, 1.82) is 0 Å². The van der Waals surface area contributed by atoms with E-state index in [9.17, 15) is 19.5 Å². The first-order chi connectivity index (χ1) is 13.5. The number of nitrogens with one attached hydrogen (secondary N) is 1. The number of methoxy groups -OCH3 is 1. The van der Waals surface area contributed by atoms with Crippen molar-refractivity contribution >= 4 is 34.8 Å². The molecule has 0 fully saturated rings. The fraction of sp³-hybridized carbons (Fsp3) is 0.278. The van der Waals surface area contributed by atoms with E-state index in [0.29, 0.717) is 17.1 Å². The summed E-state index contributed by atoms with van der Waals surface area (Å²) in [5.74, 6) is -1.20. The number of ether oxygens (including phenoxy) is 3. The molecule has 1 aliphatic rings. The predicted octanol–water partition coefficient (Wildman–Crippen LogP) is 1.22. The Morgan fingerprint density at radius 2 is 2.04 bits per heavy atom. The van der Waals surface area contributed by atoms with E-state index in [1.807, 2.05) is 0 Å². The van der Waals surface area contributed by atoms with Gasteiger partial charge in [0.05, 0.1) is 19.4 Å². The van der Waals surface area contributed by atoms with Gasteiger partial charge in [0.1, 0.15) is 4.88 Å². The molecule has 28 heavy (non-hydrogen) atoms. The molecule has 0 saturated carbocycles. The number of thiophene rings is 1. The summed E-state index contributed by atoms with van der Waals surface area (Å²) in [4.78, 5) is 38.1. The number of aliphatic hydroxyl groups is 1. The van der Waals surface area contributed by atoms with Crippen molar-refractivity contribution < 1.29 is 33.7 Å². The molecule has 148 valence electrons. The molecule has 0 atom stereocenters. The molecule has 2 heterocycles. The summed E-state index contributed by atoms with van der Waals surface area (Å²) in [6.07, 6.45) is 0. The van der Waals surface area contributed by atoms with Gasteiger partial charge in [-0.05, 0) is 29.1 Å². The second-order valence-corrected chi connectivity index (χ2v) is 6.66. The van der Waals surface area contributed by atoms with E-state index in [4.69, 9.17) is 9.47 Å². The lowest BCUT2D eigenvalue weighted by molar-refractivity contribution is -0.143. The zero-order valence-corrected chi connectivity index (χ0v) is 15.8. The van der Waals surface area contributed by atoms with Crippen LogP contribution in [-0.4, -0.2) is 54.8 Å². The first-order valence-corrected chi connectivity index (χ1v) is 9.17. The van der Waals surface area contributed by atoms with E-state index in [0.717, 1.165) is 11.3 Å². The number of nitrogens with zero attached hydrogens (tertiary/aromatic N) is 1. The van der Waals surface area contributed by atoms with Gasteiger partial charge in [0.25, 0.3) is 0 Å². The maximum Gasteiger partial charge on any atom is 0.350 e. The quantitative estimate of drug-likeness (QED) is 0.548. The Hall–Kier alpha value is -3.11. The fourth-order valence-corrected chi connectivity index (χ4v) is 3.38. The Morgan fingerprint density at radius 3 is 2.79 bits per heavy atom. The topological polar surface area (TPSA) is 114 Å². The van der Waals surface area contributed by atoms with Gasteiger partial charge < -0.3 is 29.5 Å². The van der Waals surface area contributed by atoms with Crippen LogP contribution in [0.2, 0.25) is 0 Å². The molecule has 0 spiro atoms. The monoisotopic (exact) mass is 406 g/mol. The summed E-state index contributed by atoms with van der Waals surface area (Å²) in [7, 11) is 1.23. The number of carbonyl (C=O) groups excluding carboxylic acids is 3. The van der Waals surface area contributed by atoms with Crippen molar-refractivity contribution in [3.05, 3.63) is 40.1 Å². The third-order valence-corrected chi connectivity index (χ3v) is 4.84. The minimum Gasteiger partial charge on any atom is -0.465 e. The minimum absolute atomic E-state index is 0.0335. The molecule has 1 aromatic heterocycles. The zero-order valence-electron chi connectivity index (χ0n) is 15.0. The lowest BCUT2D eigenvalue weighted by atomic mass is 10.2. The van der Waals surface area contributed by atoms with Gasteiger partial charge in [0, 0.05) is 13.1 Å². The van der Waals surface area contributed by atoms with Crippen LogP contribution < -0.4 is 14.8 Å². The van der Waals surface area contributed by atoms with E-state index in [2.05, 4.69) is 10.1 Å². The summed E-state index contributed by atoms with van der Waals surface area (Å²) >= 11 is 1.09. The second-order valence-electron chi connectivity index (χ2n) is 5.75. The van der Waals surface area contributed by atoms with Crippen LogP contribution in [0.4, 0.5) is 5.69 Å². The molecule has 10 heteroatoms. The Morgan fingerprint density at radius 1 is 1.25 bits per heavy atom. The highest BCUT2D eigenvalue weighted by Crippen LogP contribution is 2.32. The molecular weight excluding hydrogens is 388 g/mol. The van der Waals surface area contributed by atoms with E-state index >= 15 is 0 Å². The van der Waals surface area contributed by atoms with Crippen LogP contribution in [0.1, 0.15) is 15.2 Å². The predicted molar refractivity (Wildman–Crippen MR) is 99.4 cm³/mol. The highest BCUT2D eigenvalue weighted by Gasteiger charge is 2.25. The maximum atomic E-state index is 12.6. The number of aliphatic hydroxyl groups excluding tert-OH is 1. The standard InChI is InChI=1S/C18H18N2O7S/c1-25-18(24)15-12(4-7-28-15)19-16(22)17(23)20(5-6-21)9-11-2-3-13-14(8-11)27-10-26-13/h2-4,7-8,21H,5-6,9-10H2,1H3,(H,19,22). The Balaban J connectivity index is 1.71. The number of fused-ring (bicyclic) bond motifs is 1. The molecular formula is C18H18N2O7S. The van der Waals surface area contributed by atoms with Gasteiger partial charge >= 0.3 is 17.8 Å². The van der Waals surface area contributed by atoms with Gasteiger partial charge in [0.2, 0.25) is 6.79 Å². The number of benzene rings is 1. The first kappa shape index (κ1) is 19.6. The van der Waals surface area contributed by atoms with Crippen LogP contribution in [0.5, 0.6) is 11.5 Å². The lowest BCUT2D eigenvalue weighted by Crippen LogP contribution is -2.40. The van der Waals surface area contributed by atoms with Crippen LogP contribution in [-0.2, 0) is 20.9 Å². The van der Waals surface area contributed by atoms with Crippen LogP contribution in [0.15, 0.2) is 29.6 Å². The average molecular weight is 406 g/mol. The number of anilines is 1. The number of amides is 2. The summed E-state index contributed by atoms with van der Waals surface area (Å²) in [6, 6.07) is 6.69. The molecule has 0 saturated heterocycles. The lowest BCUT2D eigenvalue weighted by Gasteiger charge is -2.21. The second kappa shape index (κ2) is 8.72. The fourth-order valence-electron chi connectivity index (χ4n) is 2.61. The first-order valence-electron chi connectivity index (χ1n) is 8.29. The molecule has 1 aliphatic heterocycles. The molecule has 0 bridgehead atoms. The summed E-state index contributed by atoms with van der Waals surface area (Å²) < 4.78 is 15.2. The highest BCUT2D eigenvalue weighted by molar-refractivity contribution is 7.12. The van der Waals surface area contributed by atoms with Crippen LogP contribution >= 0.6 is 11.3 Å². The normalized spacial score (nSPS) is 11.8. The summed E-state index contributed by atoms with van der Waals surface area (Å²) in [5, 5.41) is 13.3. The number of carbonyl (C=O) groups is 3. The van der Waals surface area contributed by atoms with Crippen molar-refractivity contribution in [3.8, 4) is 11.5 Å². The SMILES string of the molecule is COC(=O)c1sccc1NC(=O)C(=O)N(CCO)Cc1ccc2c(c1)OCO2. The maximum absolute atomic E-state index is 12.6. The van der Waals surface area contributed by atoms with E-state index in [1.165, 1.54) is 18.1 Å². The van der Waals surface area contributed by atoms with E-state index in [-0.39, 0.29) is 37.1 Å². The average Bonchev–Trinajstić information content (AvgIpc) is 3.35. The molecule has 2 aromatic rings. The molecule has 0 aliphatic carbocycles. The molecule has 0 unspecified atom stereocenters. The Labute approximate surface area is 164 Å². The van der Waals surface area contributed by atoms with Crippen molar-refractivity contribution in [3.63, 3.8) is 0 Å². The van der Waals surface area contributed by atoms with E-state index < -0.39 is 17.8 Å². The molecule has 9 nitrogen and oxygen atoms in total. The van der Waals surface area contributed by atoms with Crippen molar-refractivity contribution in [2.45, 2.75) is 6.54 Å². The Bertz CT molecular complexity index is 896. The third kappa shape index (κ3) is 4.24. The largest absolute Gasteiger partial charge is 0.465 e. The highest BCUT2D eigenvalue weighted by atomic mass is 32.1. The van der Waals surface area contributed by atoms with Gasteiger partial charge in [-0.1, -0.05) is 6.07 Å². The number of esters is 1. The van der Waals surface area contributed by atoms with Gasteiger partial charge in [0.15, 0.2) is 11.5 Å². The third-order valence-electron chi connectivity index (χ3n) is 3.95. The molecule has 2 N–H and O–H groups in total. The van der Waals surface area contributed by atoms with Crippen LogP contribution in [0, 0.1) is 0 Å². The van der Waals surface area contributed by atoms with Gasteiger partial charge in [-0.25, -0.2) is 4.79 Å². The number of hydrogen-bond acceptors (Lipinski definition) is 8. The molecule has 2 amide bonds. The summed E-state index contributed by atoms with van der Waals surface area (Å²) in [5.41, 5.74) is 0.909. The summed E-state index contributed by atoms with van der Waals surface area (Å²) in [6.45, 7) is -0.121. The van der Waals surface area contributed by atoms with Gasteiger partial charge in [-0.3, -0.25) is 9.59 Å². The van der Waals surface area contributed by atoms with E-state index in [1.54, 1.807) is 23.6 Å². The van der Waals surface area contributed by atoms with Gasteiger partial charge in [-0.2, -0.15) is 0 Å². The minimum atomic E-state index is -0.919. The van der Waals surface area contributed by atoms with Gasteiger partial charge in [-0.15, -0.1) is 11.3 Å². The number of hydrogen-bond donors (Lipinski definition) is 2.